The molecule has 4 nitrogen and oxygen atoms in total. The fourth-order valence-corrected chi connectivity index (χ4v) is 3.66. The molecular weight excluding hydrogens is 324 g/mol. The Morgan fingerprint density at radius 2 is 1.88 bits per heavy atom. The summed E-state index contributed by atoms with van der Waals surface area (Å²) in [6.07, 6.45) is -1.13. The number of hydrogen-bond donors (Lipinski definition) is 1. The van der Waals surface area contributed by atoms with Crippen molar-refractivity contribution in [1.29, 1.82) is 0 Å². The predicted octanol–water partition coefficient (Wildman–Crippen LogP) is 2.45. The van der Waals surface area contributed by atoms with Gasteiger partial charge in [-0.15, -0.1) is 0 Å². The Labute approximate surface area is 144 Å². The average molecular weight is 346 g/mol. The van der Waals surface area contributed by atoms with Crippen LogP contribution in [0.25, 0.3) is 0 Å². The highest BCUT2D eigenvalue weighted by molar-refractivity contribution is 7.85. The number of aliphatic hydroxyl groups excluding tert-OH is 1. The smallest absolute Gasteiger partial charge is 0.113 e. The van der Waals surface area contributed by atoms with Gasteiger partial charge in [-0.3, -0.25) is 4.21 Å². The molecule has 1 fully saturated rings. The standard InChI is InChI=1S/C19H22O4S/c1-14-7-9-16(10-8-14)24(21)13-17(20)19-18(23-19)12-22-11-15-5-3-2-4-6-15/h2-10,17-20H,11-13H2,1H3/t17-,18+,19+,24+/m1/s1. The molecule has 4 atom stereocenters. The first-order valence-corrected chi connectivity index (χ1v) is 9.35. The molecule has 0 radical (unpaired) electrons. The minimum absolute atomic E-state index is 0.112. The third-order valence-electron chi connectivity index (χ3n) is 4.00. The van der Waals surface area contributed by atoms with Crippen molar-refractivity contribution in [2.24, 2.45) is 0 Å². The Hall–Kier alpha value is -1.53. The van der Waals surface area contributed by atoms with Crippen molar-refractivity contribution in [3.63, 3.8) is 0 Å². The number of ether oxygens (including phenoxy) is 2. The van der Waals surface area contributed by atoms with Gasteiger partial charge in [-0.25, -0.2) is 0 Å². The number of aliphatic hydroxyl groups is 1. The van der Waals surface area contributed by atoms with E-state index in [1.165, 1.54) is 0 Å². The van der Waals surface area contributed by atoms with Crippen LogP contribution in [0.2, 0.25) is 0 Å². The van der Waals surface area contributed by atoms with Gasteiger partial charge in [0.15, 0.2) is 0 Å². The van der Waals surface area contributed by atoms with Crippen molar-refractivity contribution in [3.05, 3.63) is 65.7 Å². The molecule has 0 aliphatic carbocycles. The van der Waals surface area contributed by atoms with Crippen molar-refractivity contribution in [2.45, 2.75) is 36.7 Å². The number of rotatable bonds is 8. The van der Waals surface area contributed by atoms with Crippen LogP contribution in [0.4, 0.5) is 0 Å². The molecule has 2 aromatic carbocycles. The molecule has 0 aromatic heterocycles. The van der Waals surface area contributed by atoms with E-state index >= 15 is 0 Å². The first-order valence-electron chi connectivity index (χ1n) is 8.04. The van der Waals surface area contributed by atoms with E-state index in [1.807, 2.05) is 61.5 Å². The monoisotopic (exact) mass is 346 g/mol. The fourth-order valence-electron chi connectivity index (χ4n) is 2.53. The molecule has 0 unspecified atom stereocenters. The zero-order valence-corrected chi connectivity index (χ0v) is 14.4. The van der Waals surface area contributed by atoms with Gasteiger partial charge >= 0.3 is 0 Å². The molecular formula is C19H22O4S. The Morgan fingerprint density at radius 1 is 1.17 bits per heavy atom. The second-order valence-electron chi connectivity index (χ2n) is 6.03. The van der Waals surface area contributed by atoms with Crippen LogP contribution in [0.3, 0.4) is 0 Å². The van der Waals surface area contributed by atoms with E-state index in [-0.39, 0.29) is 18.0 Å². The van der Waals surface area contributed by atoms with Gasteiger partial charge in [-0.2, -0.15) is 0 Å². The quantitative estimate of drug-likeness (QED) is 0.746. The lowest BCUT2D eigenvalue weighted by atomic mass is 10.2. The van der Waals surface area contributed by atoms with Crippen LogP contribution in [-0.4, -0.2) is 40.0 Å². The van der Waals surface area contributed by atoms with Crippen LogP contribution in [0, 0.1) is 6.92 Å². The summed E-state index contributed by atoms with van der Waals surface area (Å²) in [5.74, 6) is 0.183. The molecule has 0 spiro atoms. The molecule has 1 aliphatic heterocycles. The van der Waals surface area contributed by atoms with Crippen LogP contribution < -0.4 is 0 Å². The normalized spacial score (nSPS) is 22.1. The maximum Gasteiger partial charge on any atom is 0.113 e. The van der Waals surface area contributed by atoms with Gasteiger partial charge in [-0.05, 0) is 24.6 Å². The Balaban J connectivity index is 1.40. The molecule has 1 saturated heterocycles. The van der Waals surface area contributed by atoms with E-state index in [2.05, 4.69) is 0 Å². The first-order chi connectivity index (χ1) is 11.6. The molecule has 128 valence electrons. The molecule has 0 amide bonds. The summed E-state index contributed by atoms with van der Waals surface area (Å²) >= 11 is 0. The fraction of sp³-hybridized carbons (Fsp3) is 0.368. The minimum Gasteiger partial charge on any atom is -0.389 e. The SMILES string of the molecule is Cc1ccc([S@@](=O)C[C@@H](O)[C@@H]2O[C@H]2COCc2ccccc2)cc1. The highest BCUT2D eigenvalue weighted by Gasteiger charge is 2.44. The molecule has 1 N–H and O–H groups in total. The van der Waals surface area contributed by atoms with Crippen molar-refractivity contribution in [3.8, 4) is 0 Å². The summed E-state index contributed by atoms with van der Waals surface area (Å²) < 4.78 is 23.3. The lowest BCUT2D eigenvalue weighted by molar-refractivity contribution is 0.104. The zero-order valence-electron chi connectivity index (χ0n) is 13.6. The topological polar surface area (TPSA) is 59.1 Å². The third-order valence-corrected chi connectivity index (χ3v) is 5.44. The maximum absolute atomic E-state index is 12.3. The van der Waals surface area contributed by atoms with E-state index in [9.17, 15) is 9.32 Å². The summed E-state index contributed by atoms with van der Waals surface area (Å²) in [6, 6.07) is 17.4. The van der Waals surface area contributed by atoms with Gasteiger partial charge in [-0.1, -0.05) is 48.0 Å². The van der Waals surface area contributed by atoms with Crippen LogP contribution in [0.15, 0.2) is 59.5 Å². The molecule has 0 saturated carbocycles. The van der Waals surface area contributed by atoms with E-state index in [0.29, 0.717) is 13.2 Å². The Bertz CT molecular complexity index is 672. The van der Waals surface area contributed by atoms with Gasteiger partial charge in [0.2, 0.25) is 0 Å². The van der Waals surface area contributed by atoms with Crippen molar-refractivity contribution >= 4 is 10.8 Å². The van der Waals surface area contributed by atoms with Gasteiger partial charge < -0.3 is 14.6 Å². The summed E-state index contributed by atoms with van der Waals surface area (Å²) in [5.41, 5.74) is 2.23. The minimum atomic E-state index is -1.22. The van der Waals surface area contributed by atoms with Crippen molar-refractivity contribution in [2.75, 3.05) is 12.4 Å². The van der Waals surface area contributed by atoms with Crippen LogP contribution in [-0.2, 0) is 26.9 Å². The van der Waals surface area contributed by atoms with Crippen LogP contribution >= 0.6 is 0 Å². The van der Waals surface area contributed by atoms with Gasteiger partial charge in [0.05, 0.1) is 35.9 Å². The average Bonchev–Trinajstić information content (AvgIpc) is 3.36. The third kappa shape index (κ3) is 4.74. The molecule has 1 heterocycles. The highest BCUT2D eigenvalue weighted by atomic mass is 32.2. The van der Waals surface area contributed by atoms with Gasteiger partial charge in [0.25, 0.3) is 0 Å². The summed E-state index contributed by atoms with van der Waals surface area (Å²) in [6.45, 7) is 2.95. The molecule has 2 aromatic rings. The van der Waals surface area contributed by atoms with Crippen molar-refractivity contribution < 1.29 is 18.8 Å². The van der Waals surface area contributed by atoms with E-state index in [4.69, 9.17) is 9.47 Å². The lowest BCUT2D eigenvalue weighted by Crippen LogP contribution is -2.25. The van der Waals surface area contributed by atoms with E-state index < -0.39 is 16.9 Å². The summed E-state index contributed by atoms with van der Waals surface area (Å²) in [4.78, 5) is 0.733. The largest absolute Gasteiger partial charge is 0.389 e. The Morgan fingerprint density at radius 3 is 2.58 bits per heavy atom. The Kier molecular flexibility index (Phi) is 5.79. The molecule has 0 bridgehead atoms. The zero-order chi connectivity index (χ0) is 16.9. The summed E-state index contributed by atoms with van der Waals surface area (Å²) in [7, 11) is -1.22. The van der Waals surface area contributed by atoms with E-state index in [1.54, 1.807) is 0 Å². The number of hydrogen-bond acceptors (Lipinski definition) is 4. The summed E-state index contributed by atoms with van der Waals surface area (Å²) in [5, 5.41) is 10.2. The number of benzene rings is 2. The molecule has 3 rings (SSSR count). The number of aryl methyl sites for hydroxylation is 1. The van der Waals surface area contributed by atoms with Crippen molar-refractivity contribution in [1.82, 2.24) is 0 Å². The maximum atomic E-state index is 12.3. The second kappa shape index (κ2) is 8.03. The first kappa shape index (κ1) is 17.3. The highest BCUT2D eigenvalue weighted by Crippen LogP contribution is 2.27. The van der Waals surface area contributed by atoms with Crippen LogP contribution in [0.5, 0.6) is 0 Å². The lowest BCUT2D eigenvalue weighted by Gasteiger charge is -2.08. The molecule has 1 aliphatic rings. The number of epoxide rings is 1. The van der Waals surface area contributed by atoms with Gasteiger partial charge in [0, 0.05) is 4.90 Å². The van der Waals surface area contributed by atoms with E-state index in [0.717, 1.165) is 16.0 Å². The second-order valence-corrected chi connectivity index (χ2v) is 7.53. The molecule has 5 heteroatoms. The van der Waals surface area contributed by atoms with Gasteiger partial charge in [0.1, 0.15) is 12.2 Å². The van der Waals surface area contributed by atoms with Crippen LogP contribution in [0.1, 0.15) is 11.1 Å². The predicted molar refractivity (Wildman–Crippen MR) is 93.2 cm³/mol. The molecule has 24 heavy (non-hydrogen) atoms.